The van der Waals surface area contributed by atoms with Crippen molar-refractivity contribution in [3.63, 3.8) is 0 Å². The van der Waals surface area contributed by atoms with E-state index in [0.717, 1.165) is 27.6 Å². The van der Waals surface area contributed by atoms with Crippen LogP contribution >= 0.6 is 12.2 Å². The van der Waals surface area contributed by atoms with E-state index in [2.05, 4.69) is 32.7 Å². The first kappa shape index (κ1) is 11.9. The molecular weight excluding hydrogens is 278 g/mol. The van der Waals surface area contributed by atoms with E-state index in [-0.39, 0.29) is 0 Å². The number of rotatable bonds is 3. The average molecular weight is 295 g/mol. The fourth-order valence-electron chi connectivity index (χ4n) is 3.72. The molecule has 2 saturated carbocycles. The van der Waals surface area contributed by atoms with Crippen LogP contribution in [0, 0.1) is 16.6 Å². The smallest absolute Gasteiger partial charge is 0.178 e. The highest BCUT2D eigenvalue weighted by molar-refractivity contribution is 7.71. The fraction of sp³-hybridized carbons (Fsp3) is 0.412. The SMILES string of the molecule is S=c1[nH]c2cnc3ccccc3c2n1C(C1CC1)C1CC1. The predicted molar refractivity (Wildman–Crippen MR) is 86.9 cm³/mol. The Balaban J connectivity index is 1.87. The van der Waals surface area contributed by atoms with Crippen LogP contribution in [0.15, 0.2) is 30.5 Å². The van der Waals surface area contributed by atoms with Crippen molar-refractivity contribution in [3.8, 4) is 0 Å². The van der Waals surface area contributed by atoms with Gasteiger partial charge in [0.15, 0.2) is 4.77 Å². The number of fused-ring (bicyclic) bond motifs is 3. The minimum atomic E-state index is 0.594. The van der Waals surface area contributed by atoms with Crippen molar-refractivity contribution in [2.45, 2.75) is 31.7 Å². The number of imidazole rings is 1. The van der Waals surface area contributed by atoms with E-state index in [9.17, 15) is 0 Å². The molecule has 2 aromatic heterocycles. The molecule has 0 aliphatic heterocycles. The van der Waals surface area contributed by atoms with Gasteiger partial charge in [0.05, 0.1) is 22.7 Å². The first-order valence-electron chi connectivity index (χ1n) is 7.81. The van der Waals surface area contributed by atoms with Gasteiger partial charge in [0.2, 0.25) is 0 Å². The van der Waals surface area contributed by atoms with E-state index < -0.39 is 0 Å². The number of hydrogen-bond donors (Lipinski definition) is 1. The molecule has 2 aliphatic rings. The molecule has 1 aromatic carbocycles. The molecule has 0 bridgehead atoms. The first-order valence-corrected chi connectivity index (χ1v) is 8.22. The fourth-order valence-corrected chi connectivity index (χ4v) is 4.04. The summed E-state index contributed by atoms with van der Waals surface area (Å²) in [6.07, 6.45) is 7.37. The van der Waals surface area contributed by atoms with E-state index in [1.165, 1.54) is 36.6 Å². The van der Waals surface area contributed by atoms with Crippen molar-refractivity contribution >= 4 is 34.2 Å². The van der Waals surface area contributed by atoms with Gasteiger partial charge in [0, 0.05) is 11.4 Å². The Labute approximate surface area is 128 Å². The Morgan fingerprint density at radius 1 is 1.14 bits per heavy atom. The van der Waals surface area contributed by atoms with Crippen molar-refractivity contribution in [3.05, 3.63) is 35.2 Å². The lowest BCUT2D eigenvalue weighted by Gasteiger charge is -2.19. The molecular formula is C17H17N3S. The van der Waals surface area contributed by atoms with Gasteiger partial charge in [-0.2, -0.15) is 0 Å². The normalized spacial score (nSPS) is 18.9. The summed E-state index contributed by atoms with van der Waals surface area (Å²) in [5.74, 6) is 1.66. The second-order valence-electron chi connectivity index (χ2n) is 6.50. The second-order valence-corrected chi connectivity index (χ2v) is 6.89. The summed E-state index contributed by atoms with van der Waals surface area (Å²) in [6.45, 7) is 0. The number of nitrogens with zero attached hydrogens (tertiary/aromatic N) is 2. The number of H-pyrrole nitrogens is 1. The summed E-state index contributed by atoms with van der Waals surface area (Å²) in [5.41, 5.74) is 3.39. The van der Waals surface area contributed by atoms with Crippen molar-refractivity contribution in [2.75, 3.05) is 0 Å². The van der Waals surface area contributed by atoms with Gasteiger partial charge in [0.25, 0.3) is 0 Å². The number of benzene rings is 1. The van der Waals surface area contributed by atoms with Crippen LogP contribution in [0.2, 0.25) is 0 Å². The number of aromatic nitrogens is 3. The molecule has 0 unspecified atom stereocenters. The summed E-state index contributed by atoms with van der Waals surface area (Å²) >= 11 is 5.67. The molecule has 3 nitrogen and oxygen atoms in total. The molecule has 0 saturated heterocycles. The lowest BCUT2D eigenvalue weighted by molar-refractivity contribution is 0.401. The molecule has 0 radical (unpaired) electrons. The van der Waals surface area contributed by atoms with Crippen LogP contribution in [0.1, 0.15) is 31.7 Å². The molecule has 106 valence electrons. The number of para-hydroxylation sites is 1. The zero-order chi connectivity index (χ0) is 14.0. The van der Waals surface area contributed by atoms with Crippen molar-refractivity contribution < 1.29 is 0 Å². The molecule has 1 N–H and O–H groups in total. The summed E-state index contributed by atoms with van der Waals surface area (Å²) in [7, 11) is 0. The monoisotopic (exact) mass is 295 g/mol. The van der Waals surface area contributed by atoms with E-state index >= 15 is 0 Å². The largest absolute Gasteiger partial charge is 0.329 e. The summed E-state index contributed by atoms with van der Waals surface area (Å²) < 4.78 is 3.29. The minimum Gasteiger partial charge on any atom is -0.329 e. The Hall–Kier alpha value is -1.68. The molecule has 0 atom stereocenters. The third kappa shape index (κ3) is 1.78. The van der Waals surface area contributed by atoms with Gasteiger partial charge in [-0.3, -0.25) is 4.98 Å². The number of hydrogen-bond acceptors (Lipinski definition) is 2. The van der Waals surface area contributed by atoms with E-state index in [1.54, 1.807) is 0 Å². The number of nitrogens with one attached hydrogen (secondary N) is 1. The van der Waals surface area contributed by atoms with Gasteiger partial charge in [-0.15, -0.1) is 0 Å². The van der Waals surface area contributed by atoms with Gasteiger partial charge >= 0.3 is 0 Å². The van der Waals surface area contributed by atoms with Crippen LogP contribution in [0.5, 0.6) is 0 Å². The lowest BCUT2D eigenvalue weighted by Crippen LogP contribution is -2.13. The quantitative estimate of drug-likeness (QED) is 0.716. The van der Waals surface area contributed by atoms with Crippen LogP contribution < -0.4 is 0 Å². The highest BCUT2D eigenvalue weighted by Crippen LogP contribution is 2.53. The van der Waals surface area contributed by atoms with Crippen LogP contribution in [0.3, 0.4) is 0 Å². The minimum absolute atomic E-state index is 0.594. The molecule has 2 heterocycles. The third-order valence-corrected chi connectivity index (χ3v) is 5.26. The molecule has 0 spiro atoms. The van der Waals surface area contributed by atoms with Crippen molar-refractivity contribution in [1.29, 1.82) is 0 Å². The topological polar surface area (TPSA) is 33.6 Å². The predicted octanol–water partition coefficient (Wildman–Crippen LogP) is 4.61. The molecule has 5 rings (SSSR count). The second kappa shape index (κ2) is 4.17. The van der Waals surface area contributed by atoms with Gasteiger partial charge in [0.1, 0.15) is 0 Å². The zero-order valence-electron chi connectivity index (χ0n) is 11.7. The summed E-state index contributed by atoms with van der Waals surface area (Å²) in [4.78, 5) is 7.93. The van der Waals surface area contributed by atoms with Crippen LogP contribution in [-0.2, 0) is 0 Å². The van der Waals surface area contributed by atoms with Crippen molar-refractivity contribution in [2.24, 2.45) is 11.8 Å². The first-order chi connectivity index (χ1) is 10.3. The van der Waals surface area contributed by atoms with Crippen LogP contribution in [0.25, 0.3) is 21.9 Å². The third-order valence-electron chi connectivity index (χ3n) is 4.96. The van der Waals surface area contributed by atoms with Gasteiger partial charge in [-0.05, 0) is 55.8 Å². The maximum atomic E-state index is 5.67. The Bertz CT molecular complexity index is 887. The van der Waals surface area contributed by atoms with Crippen molar-refractivity contribution in [1.82, 2.24) is 14.5 Å². The molecule has 0 amide bonds. The number of aromatic amines is 1. The Kier molecular flexibility index (Phi) is 2.37. The maximum absolute atomic E-state index is 5.67. The highest BCUT2D eigenvalue weighted by atomic mass is 32.1. The zero-order valence-corrected chi connectivity index (χ0v) is 12.6. The maximum Gasteiger partial charge on any atom is 0.178 e. The van der Waals surface area contributed by atoms with Gasteiger partial charge < -0.3 is 9.55 Å². The number of pyridine rings is 1. The molecule has 21 heavy (non-hydrogen) atoms. The van der Waals surface area contributed by atoms with Crippen LogP contribution in [0.4, 0.5) is 0 Å². The Morgan fingerprint density at radius 2 is 1.86 bits per heavy atom. The van der Waals surface area contributed by atoms with E-state index in [0.29, 0.717) is 6.04 Å². The molecule has 3 aromatic rings. The summed E-state index contributed by atoms with van der Waals surface area (Å²) in [6, 6.07) is 8.98. The molecule has 4 heteroatoms. The average Bonchev–Trinajstić information content (AvgIpc) is 3.39. The van der Waals surface area contributed by atoms with Gasteiger partial charge in [-0.25, -0.2) is 0 Å². The molecule has 2 aliphatic carbocycles. The van der Waals surface area contributed by atoms with E-state index in [4.69, 9.17) is 12.2 Å². The standard InChI is InChI=1S/C17H17N3S/c21-17-19-14-9-18-13-4-2-1-3-12(13)16(14)20(17)15(10-5-6-10)11-7-8-11/h1-4,9-11,15H,5-8H2,(H,19,21). The van der Waals surface area contributed by atoms with Crippen LogP contribution in [-0.4, -0.2) is 14.5 Å². The Morgan fingerprint density at radius 3 is 2.57 bits per heavy atom. The summed E-state index contributed by atoms with van der Waals surface area (Å²) in [5, 5.41) is 1.22. The van der Waals surface area contributed by atoms with E-state index in [1.807, 2.05) is 12.3 Å². The molecule has 2 fully saturated rings. The highest BCUT2D eigenvalue weighted by Gasteiger charge is 2.43. The lowest BCUT2D eigenvalue weighted by atomic mass is 10.1. The van der Waals surface area contributed by atoms with Gasteiger partial charge in [-0.1, -0.05) is 18.2 Å².